The van der Waals surface area contributed by atoms with Crippen LogP contribution in [0.2, 0.25) is 0 Å². The van der Waals surface area contributed by atoms with E-state index in [1.54, 1.807) is 0 Å². The van der Waals surface area contributed by atoms with E-state index in [-0.39, 0.29) is 5.75 Å². The van der Waals surface area contributed by atoms with Gasteiger partial charge in [-0.2, -0.15) is 0 Å². The summed E-state index contributed by atoms with van der Waals surface area (Å²) in [6.45, 7) is 1.95. The molecule has 0 saturated carbocycles. The molecular formula is C11H6Br4O2. The van der Waals surface area contributed by atoms with Gasteiger partial charge in [0, 0.05) is 0 Å². The van der Waals surface area contributed by atoms with Crippen LogP contribution < -0.4 is 0 Å². The molecule has 6 heteroatoms. The van der Waals surface area contributed by atoms with Crippen molar-refractivity contribution >= 4 is 63.7 Å². The molecule has 0 fully saturated rings. The summed E-state index contributed by atoms with van der Waals surface area (Å²) in [7, 11) is 0. The molecule has 0 aliphatic rings. The number of rotatable bonds is 1. The quantitative estimate of drug-likeness (QED) is 0.532. The van der Waals surface area contributed by atoms with Crippen molar-refractivity contribution in [2.45, 2.75) is 6.92 Å². The van der Waals surface area contributed by atoms with E-state index >= 15 is 0 Å². The molecule has 0 aliphatic heterocycles. The number of benzene rings is 1. The van der Waals surface area contributed by atoms with E-state index in [9.17, 15) is 5.11 Å². The highest BCUT2D eigenvalue weighted by atomic mass is 79.9. The van der Waals surface area contributed by atoms with Crippen LogP contribution in [0.4, 0.5) is 0 Å². The molecule has 0 bridgehead atoms. The number of hydrogen-bond donors (Lipinski definition) is 1. The van der Waals surface area contributed by atoms with Gasteiger partial charge in [-0.1, -0.05) is 0 Å². The maximum atomic E-state index is 10.0. The zero-order chi connectivity index (χ0) is 12.7. The van der Waals surface area contributed by atoms with Crippen molar-refractivity contribution in [1.29, 1.82) is 0 Å². The van der Waals surface area contributed by atoms with Gasteiger partial charge in [0.2, 0.25) is 0 Å². The molecule has 0 atom stereocenters. The van der Waals surface area contributed by atoms with Gasteiger partial charge in [-0.25, -0.2) is 0 Å². The lowest BCUT2D eigenvalue weighted by Gasteiger charge is -2.06. The van der Waals surface area contributed by atoms with Gasteiger partial charge in [0.05, 0.1) is 19.0 Å². The van der Waals surface area contributed by atoms with E-state index in [1.807, 2.05) is 19.1 Å². The second-order valence-electron chi connectivity index (χ2n) is 3.48. The predicted molar refractivity (Wildman–Crippen MR) is 81.3 cm³/mol. The highest BCUT2D eigenvalue weighted by Crippen LogP contribution is 2.46. The molecule has 2 aromatic rings. The first-order valence-corrected chi connectivity index (χ1v) is 7.71. The molecule has 0 spiro atoms. The molecule has 1 N–H and O–H groups in total. The predicted octanol–water partition coefficient (Wildman–Crippen LogP) is 6.01. The fraction of sp³-hybridized carbons (Fsp3) is 0.0909. The zero-order valence-corrected chi connectivity index (χ0v) is 14.9. The number of aromatic hydroxyl groups is 1. The van der Waals surface area contributed by atoms with Crippen molar-refractivity contribution in [3.05, 3.63) is 35.8 Å². The molecule has 17 heavy (non-hydrogen) atoms. The van der Waals surface area contributed by atoms with Crippen LogP contribution in [0.1, 0.15) is 5.56 Å². The second kappa shape index (κ2) is 5.07. The normalized spacial score (nSPS) is 10.9. The summed E-state index contributed by atoms with van der Waals surface area (Å²) in [5.74, 6) is 0.732. The van der Waals surface area contributed by atoms with E-state index in [2.05, 4.69) is 63.7 Å². The van der Waals surface area contributed by atoms with Gasteiger partial charge in [0.15, 0.2) is 10.4 Å². The Labute approximate surface area is 132 Å². The summed E-state index contributed by atoms with van der Waals surface area (Å²) >= 11 is 13.4. The van der Waals surface area contributed by atoms with Crippen molar-refractivity contribution in [3.8, 4) is 17.1 Å². The topological polar surface area (TPSA) is 33.4 Å². The van der Waals surface area contributed by atoms with Gasteiger partial charge in [0.25, 0.3) is 0 Å². The molecular weight excluding hydrogens is 484 g/mol. The minimum absolute atomic E-state index is 0.157. The summed E-state index contributed by atoms with van der Waals surface area (Å²) < 4.78 is 8.33. The van der Waals surface area contributed by atoms with Gasteiger partial charge in [0.1, 0.15) is 5.75 Å². The van der Waals surface area contributed by atoms with Gasteiger partial charge < -0.3 is 9.52 Å². The van der Waals surface area contributed by atoms with Crippen LogP contribution in [0.5, 0.6) is 5.75 Å². The Balaban J connectivity index is 2.72. The third kappa shape index (κ3) is 2.50. The minimum atomic E-state index is 0.157. The molecule has 0 amide bonds. The van der Waals surface area contributed by atoms with Crippen LogP contribution >= 0.6 is 63.7 Å². The first-order chi connectivity index (χ1) is 7.91. The largest absolute Gasteiger partial charge is 0.506 e. The Morgan fingerprint density at radius 3 is 2.24 bits per heavy atom. The molecule has 0 saturated heterocycles. The Bertz CT molecular complexity index is 590. The lowest BCUT2D eigenvalue weighted by atomic mass is 10.1. The van der Waals surface area contributed by atoms with Crippen LogP contribution in [0.3, 0.4) is 0 Å². The smallest absolute Gasteiger partial charge is 0.185 e. The second-order valence-corrected chi connectivity index (χ2v) is 6.64. The number of phenolic OH excluding ortho intramolecular Hbond substituents is 1. The molecule has 90 valence electrons. The van der Waals surface area contributed by atoms with E-state index in [0.717, 1.165) is 14.5 Å². The Kier molecular flexibility index (Phi) is 4.07. The first-order valence-electron chi connectivity index (χ1n) is 4.54. The molecule has 0 aliphatic carbocycles. The number of hydrogen-bond acceptors (Lipinski definition) is 2. The van der Waals surface area contributed by atoms with Crippen molar-refractivity contribution < 1.29 is 9.52 Å². The highest BCUT2D eigenvalue weighted by Gasteiger charge is 2.20. The molecule has 1 heterocycles. The summed E-state index contributed by atoms with van der Waals surface area (Å²) in [5.41, 5.74) is 1.66. The fourth-order valence-corrected chi connectivity index (χ4v) is 3.38. The highest BCUT2D eigenvalue weighted by molar-refractivity contribution is 9.14. The summed E-state index contributed by atoms with van der Waals surface area (Å²) in [5, 5.41) is 10.0. The third-order valence-corrected chi connectivity index (χ3v) is 5.95. The van der Waals surface area contributed by atoms with Gasteiger partial charge >= 0.3 is 0 Å². The molecule has 2 nitrogen and oxygen atoms in total. The van der Waals surface area contributed by atoms with Crippen LogP contribution in [0.15, 0.2) is 34.6 Å². The van der Waals surface area contributed by atoms with Gasteiger partial charge in [-0.05, 0) is 88.3 Å². The monoisotopic (exact) mass is 486 g/mol. The summed E-state index contributed by atoms with van der Waals surface area (Å²) in [6.07, 6.45) is 0. The van der Waals surface area contributed by atoms with E-state index in [1.165, 1.54) is 0 Å². The standard InChI is InChI=1S/C11H6Br4O2/c1-4-2-5(9(16)6(12)3-4)10-7(13)8(14)11(15)17-10/h2-3,16H,1H3. The first kappa shape index (κ1) is 13.6. The summed E-state index contributed by atoms with van der Waals surface area (Å²) in [4.78, 5) is 0. The summed E-state index contributed by atoms with van der Waals surface area (Å²) in [6, 6.07) is 3.71. The molecule has 0 radical (unpaired) electrons. The SMILES string of the molecule is Cc1cc(Br)c(O)c(-c2oc(Br)c(Br)c2Br)c1. The van der Waals surface area contributed by atoms with Crippen molar-refractivity contribution in [3.63, 3.8) is 0 Å². The molecule has 1 aromatic carbocycles. The Morgan fingerprint density at radius 1 is 1.06 bits per heavy atom. The maximum absolute atomic E-state index is 10.0. The van der Waals surface area contributed by atoms with Crippen LogP contribution in [-0.2, 0) is 0 Å². The van der Waals surface area contributed by atoms with Crippen molar-refractivity contribution in [2.75, 3.05) is 0 Å². The van der Waals surface area contributed by atoms with Crippen molar-refractivity contribution in [2.24, 2.45) is 0 Å². The lowest BCUT2D eigenvalue weighted by Crippen LogP contribution is -1.82. The van der Waals surface area contributed by atoms with Gasteiger partial charge in [-0.15, -0.1) is 0 Å². The Morgan fingerprint density at radius 2 is 1.71 bits per heavy atom. The number of phenols is 1. The van der Waals surface area contributed by atoms with Crippen LogP contribution in [0.25, 0.3) is 11.3 Å². The Hall–Kier alpha value is 0.220. The van der Waals surface area contributed by atoms with Crippen molar-refractivity contribution in [1.82, 2.24) is 0 Å². The van der Waals surface area contributed by atoms with Gasteiger partial charge in [-0.3, -0.25) is 0 Å². The maximum Gasteiger partial charge on any atom is 0.185 e. The average molecular weight is 490 g/mol. The van der Waals surface area contributed by atoms with Crippen LogP contribution in [0, 0.1) is 6.92 Å². The average Bonchev–Trinajstić information content (AvgIpc) is 2.51. The minimum Gasteiger partial charge on any atom is -0.506 e. The van der Waals surface area contributed by atoms with E-state index in [4.69, 9.17) is 4.42 Å². The molecule has 1 aromatic heterocycles. The molecule has 0 unspecified atom stereocenters. The number of aryl methyl sites for hydroxylation is 1. The van der Waals surface area contributed by atoms with E-state index < -0.39 is 0 Å². The van der Waals surface area contributed by atoms with Crippen LogP contribution in [-0.4, -0.2) is 5.11 Å². The fourth-order valence-electron chi connectivity index (χ4n) is 1.45. The van der Waals surface area contributed by atoms with E-state index in [0.29, 0.717) is 20.5 Å². The zero-order valence-electron chi connectivity index (χ0n) is 8.52. The number of furan rings is 1. The number of halogens is 4. The molecule has 2 rings (SSSR count). The third-order valence-electron chi connectivity index (χ3n) is 2.21. The lowest BCUT2D eigenvalue weighted by molar-refractivity contribution is 0.469.